The van der Waals surface area contributed by atoms with Gasteiger partial charge in [0.25, 0.3) is 0 Å². The van der Waals surface area contributed by atoms with Crippen molar-refractivity contribution in [1.82, 2.24) is 10.2 Å². The summed E-state index contributed by atoms with van der Waals surface area (Å²) in [5.41, 5.74) is 7.87. The number of aryl methyl sites for hydroxylation is 1. The highest BCUT2D eigenvalue weighted by atomic mass is 35.5. The topological polar surface area (TPSA) is 75.4 Å². The van der Waals surface area contributed by atoms with Crippen LogP contribution in [0, 0.1) is 12.8 Å². The van der Waals surface area contributed by atoms with Gasteiger partial charge in [-0.25, -0.2) is 0 Å². The Balaban J connectivity index is 0.00000312. The van der Waals surface area contributed by atoms with E-state index in [0.717, 1.165) is 19.4 Å². The first kappa shape index (κ1) is 21.5. The molecule has 25 heavy (non-hydrogen) atoms. The van der Waals surface area contributed by atoms with Gasteiger partial charge in [-0.1, -0.05) is 31.2 Å². The standard InChI is InChI=1S/C19H29N3O2.ClH/c1-14-6-3-4-8-17(14)15(2)12-18(23)22-11-5-7-16(13-22)19(24)21-10-9-20;/h3-4,6,8,15-16H,5,7,9-13,20H2,1-2H3,(H,21,24);1H. The molecule has 140 valence electrons. The van der Waals surface area contributed by atoms with E-state index in [2.05, 4.69) is 31.3 Å². The van der Waals surface area contributed by atoms with Crippen LogP contribution in [0.4, 0.5) is 0 Å². The summed E-state index contributed by atoms with van der Waals surface area (Å²) in [6.07, 6.45) is 2.21. The lowest BCUT2D eigenvalue weighted by molar-refractivity contribution is -0.136. The number of benzene rings is 1. The highest BCUT2D eigenvalue weighted by Crippen LogP contribution is 2.25. The van der Waals surface area contributed by atoms with Crippen LogP contribution in [0.2, 0.25) is 0 Å². The number of likely N-dealkylation sites (tertiary alicyclic amines) is 1. The average molecular weight is 368 g/mol. The van der Waals surface area contributed by atoms with Crippen LogP contribution >= 0.6 is 12.4 Å². The SMILES string of the molecule is Cc1ccccc1C(C)CC(=O)N1CCCC(C(=O)NCCN)C1.Cl. The molecular formula is C19H30ClN3O2. The van der Waals surface area contributed by atoms with Crippen LogP contribution in [-0.2, 0) is 9.59 Å². The minimum absolute atomic E-state index is 0. The number of nitrogens with two attached hydrogens (primary N) is 1. The predicted molar refractivity (Wildman–Crippen MR) is 103 cm³/mol. The number of piperidine rings is 1. The third kappa shape index (κ3) is 6.01. The summed E-state index contributed by atoms with van der Waals surface area (Å²) in [5, 5.41) is 2.83. The lowest BCUT2D eigenvalue weighted by Crippen LogP contribution is -2.46. The van der Waals surface area contributed by atoms with Gasteiger partial charge in [-0.05, 0) is 36.8 Å². The van der Waals surface area contributed by atoms with E-state index in [1.807, 2.05) is 17.0 Å². The van der Waals surface area contributed by atoms with E-state index >= 15 is 0 Å². The van der Waals surface area contributed by atoms with Gasteiger partial charge in [0.2, 0.25) is 11.8 Å². The zero-order valence-corrected chi connectivity index (χ0v) is 16.0. The van der Waals surface area contributed by atoms with E-state index in [1.54, 1.807) is 0 Å². The maximum absolute atomic E-state index is 12.6. The Bertz CT molecular complexity index is 580. The quantitative estimate of drug-likeness (QED) is 0.809. The van der Waals surface area contributed by atoms with Crippen molar-refractivity contribution in [2.45, 2.75) is 39.0 Å². The fraction of sp³-hybridized carbons (Fsp3) is 0.579. The highest BCUT2D eigenvalue weighted by Gasteiger charge is 2.28. The molecule has 6 heteroatoms. The van der Waals surface area contributed by atoms with Crippen molar-refractivity contribution in [3.05, 3.63) is 35.4 Å². The monoisotopic (exact) mass is 367 g/mol. The Morgan fingerprint density at radius 2 is 2.08 bits per heavy atom. The first-order valence-corrected chi connectivity index (χ1v) is 8.84. The Hall–Kier alpha value is -1.59. The molecular weight excluding hydrogens is 338 g/mol. The molecule has 3 N–H and O–H groups in total. The molecule has 1 aliphatic heterocycles. The first-order chi connectivity index (χ1) is 11.5. The number of halogens is 1. The minimum Gasteiger partial charge on any atom is -0.355 e. The van der Waals surface area contributed by atoms with Gasteiger partial charge in [-0.3, -0.25) is 9.59 Å². The van der Waals surface area contributed by atoms with Crippen molar-refractivity contribution >= 4 is 24.2 Å². The second-order valence-corrected chi connectivity index (χ2v) is 6.72. The zero-order chi connectivity index (χ0) is 17.5. The molecule has 1 heterocycles. The number of amides is 2. The van der Waals surface area contributed by atoms with Crippen molar-refractivity contribution in [2.24, 2.45) is 11.7 Å². The number of nitrogens with zero attached hydrogens (tertiary/aromatic N) is 1. The molecule has 0 radical (unpaired) electrons. The van der Waals surface area contributed by atoms with Crippen LogP contribution in [-0.4, -0.2) is 42.9 Å². The maximum atomic E-state index is 12.6. The average Bonchev–Trinajstić information content (AvgIpc) is 2.60. The van der Waals surface area contributed by atoms with E-state index < -0.39 is 0 Å². The largest absolute Gasteiger partial charge is 0.355 e. The van der Waals surface area contributed by atoms with E-state index in [-0.39, 0.29) is 36.1 Å². The minimum atomic E-state index is -0.108. The van der Waals surface area contributed by atoms with Crippen molar-refractivity contribution in [1.29, 1.82) is 0 Å². The summed E-state index contributed by atoms with van der Waals surface area (Å²) in [4.78, 5) is 26.6. The Morgan fingerprint density at radius 3 is 2.76 bits per heavy atom. The Morgan fingerprint density at radius 1 is 1.36 bits per heavy atom. The molecule has 1 aromatic rings. The molecule has 2 atom stereocenters. The summed E-state index contributed by atoms with van der Waals surface area (Å²) in [5.74, 6) is 0.236. The van der Waals surface area contributed by atoms with Gasteiger partial charge in [0.05, 0.1) is 5.92 Å². The van der Waals surface area contributed by atoms with Gasteiger partial charge < -0.3 is 16.0 Å². The first-order valence-electron chi connectivity index (χ1n) is 8.84. The van der Waals surface area contributed by atoms with E-state index in [4.69, 9.17) is 5.73 Å². The third-order valence-electron chi connectivity index (χ3n) is 4.79. The number of rotatable bonds is 6. The molecule has 2 unspecified atom stereocenters. The number of carbonyl (C=O) groups excluding carboxylic acids is 2. The van der Waals surface area contributed by atoms with Crippen molar-refractivity contribution in [3.8, 4) is 0 Å². The molecule has 0 saturated carbocycles. The molecule has 2 rings (SSSR count). The number of hydrogen-bond donors (Lipinski definition) is 2. The van der Waals surface area contributed by atoms with E-state index in [0.29, 0.717) is 26.1 Å². The molecule has 0 spiro atoms. The van der Waals surface area contributed by atoms with Gasteiger partial charge >= 0.3 is 0 Å². The molecule has 1 aliphatic rings. The van der Waals surface area contributed by atoms with Crippen LogP contribution < -0.4 is 11.1 Å². The van der Waals surface area contributed by atoms with Gasteiger partial charge in [-0.15, -0.1) is 12.4 Å². The second kappa shape index (κ2) is 10.4. The smallest absolute Gasteiger partial charge is 0.224 e. The van der Waals surface area contributed by atoms with Crippen LogP contribution in [0.5, 0.6) is 0 Å². The highest BCUT2D eigenvalue weighted by molar-refractivity contribution is 5.85. The molecule has 1 fully saturated rings. The predicted octanol–water partition coefficient (Wildman–Crippen LogP) is 2.22. The van der Waals surface area contributed by atoms with Crippen LogP contribution in [0.1, 0.15) is 43.2 Å². The van der Waals surface area contributed by atoms with Gasteiger partial charge in [-0.2, -0.15) is 0 Å². The molecule has 0 aromatic heterocycles. The fourth-order valence-corrected chi connectivity index (χ4v) is 3.40. The Labute approximate surface area is 156 Å². The molecule has 1 saturated heterocycles. The zero-order valence-electron chi connectivity index (χ0n) is 15.2. The number of nitrogens with one attached hydrogen (secondary N) is 1. The van der Waals surface area contributed by atoms with Crippen molar-refractivity contribution < 1.29 is 9.59 Å². The van der Waals surface area contributed by atoms with Crippen LogP contribution in [0.15, 0.2) is 24.3 Å². The molecule has 0 aliphatic carbocycles. The lowest BCUT2D eigenvalue weighted by atomic mass is 9.92. The number of carbonyl (C=O) groups is 2. The second-order valence-electron chi connectivity index (χ2n) is 6.72. The summed E-state index contributed by atoms with van der Waals surface area (Å²) < 4.78 is 0. The lowest BCUT2D eigenvalue weighted by Gasteiger charge is -2.33. The van der Waals surface area contributed by atoms with E-state index in [9.17, 15) is 9.59 Å². The van der Waals surface area contributed by atoms with Crippen molar-refractivity contribution in [2.75, 3.05) is 26.2 Å². The molecule has 5 nitrogen and oxygen atoms in total. The summed E-state index contributed by atoms with van der Waals surface area (Å²) >= 11 is 0. The summed E-state index contributed by atoms with van der Waals surface area (Å²) in [6, 6.07) is 8.20. The third-order valence-corrected chi connectivity index (χ3v) is 4.79. The van der Waals surface area contributed by atoms with E-state index in [1.165, 1.54) is 11.1 Å². The van der Waals surface area contributed by atoms with Crippen molar-refractivity contribution in [3.63, 3.8) is 0 Å². The normalized spacial score (nSPS) is 18.2. The maximum Gasteiger partial charge on any atom is 0.224 e. The molecule has 2 amide bonds. The Kier molecular flexibility index (Phi) is 8.93. The summed E-state index contributed by atoms with van der Waals surface area (Å²) in [6.45, 7) is 6.38. The molecule has 0 bridgehead atoms. The van der Waals surface area contributed by atoms with Crippen LogP contribution in [0.25, 0.3) is 0 Å². The molecule has 1 aromatic carbocycles. The van der Waals surface area contributed by atoms with Crippen LogP contribution in [0.3, 0.4) is 0 Å². The van der Waals surface area contributed by atoms with Gasteiger partial charge in [0.1, 0.15) is 0 Å². The van der Waals surface area contributed by atoms with Gasteiger partial charge in [0.15, 0.2) is 0 Å². The number of hydrogen-bond acceptors (Lipinski definition) is 3. The summed E-state index contributed by atoms with van der Waals surface area (Å²) in [7, 11) is 0. The fourth-order valence-electron chi connectivity index (χ4n) is 3.40. The van der Waals surface area contributed by atoms with Gasteiger partial charge in [0, 0.05) is 32.6 Å².